The van der Waals surface area contributed by atoms with Crippen LogP contribution in [0.25, 0.3) is 11.4 Å². The molecule has 1 saturated carbocycles. The summed E-state index contributed by atoms with van der Waals surface area (Å²) in [5.74, 6) is 2.39. The molecule has 0 aliphatic heterocycles. The van der Waals surface area contributed by atoms with E-state index in [1.54, 1.807) is 7.11 Å². The number of nitrogens with zero attached hydrogens (tertiary/aromatic N) is 6. The van der Waals surface area contributed by atoms with E-state index >= 15 is 0 Å². The molecule has 0 N–H and O–H groups in total. The van der Waals surface area contributed by atoms with Crippen LogP contribution in [-0.4, -0.2) is 37.5 Å². The normalized spacial score (nSPS) is 15.3. The number of rotatable bonds is 6. The third-order valence-corrected chi connectivity index (χ3v) is 5.42. The fourth-order valence-corrected chi connectivity index (χ4v) is 3.94. The molecule has 136 valence electrons. The first-order chi connectivity index (χ1) is 12.8. The Morgan fingerprint density at radius 1 is 1.27 bits per heavy atom. The molecule has 0 atom stereocenters. The molecule has 0 amide bonds. The van der Waals surface area contributed by atoms with Gasteiger partial charge in [0.15, 0.2) is 0 Å². The Bertz CT molecular complexity index is 858. The first kappa shape index (κ1) is 17.0. The van der Waals surface area contributed by atoms with E-state index in [1.807, 2.05) is 28.9 Å². The molecule has 26 heavy (non-hydrogen) atoms. The molecule has 0 spiro atoms. The number of ether oxygens (including phenoxy) is 1. The molecule has 0 saturated heterocycles. The first-order valence-electron chi connectivity index (χ1n) is 8.71. The summed E-state index contributed by atoms with van der Waals surface area (Å²) < 4.78 is 12.6. The first-order valence-corrected chi connectivity index (χ1v) is 9.70. The molecule has 0 unspecified atom stereocenters. The van der Waals surface area contributed by atoms with Crippen molar-refractivity contribution in [1.29, 1.82) is 0 Å². The van der Waals surface area contributed by atoms with Crippen molar-refractivity contribution in [1.82, 2.24) is 30.3 Å². The lowest BCUT2D eigenvalue weighted by atomic mass is 9.96. The highest BCUT2D eigenvalue weighted by Gasteiger charge is 2.21. The van der Waals surface area contributed by atoms with Crippen LogP contribution in [0.3, 0.4) is 0 Å². The van der Waals surface area contributed by atoms with Crippen molar-refractivity contribution in [2.75, 3.05) is 7.11 Å². The maximum atomic E-state index is 5.38. The molecule has 4 rings (SSSR count). The predicted octanol–water partition coefficient (Wildman–Crippen LogP) is 3.53. The number of methoxy groups -OCH3 is 1. The summed E-state index contributed by atoms with van der Waals surface area (Å²) in [7, 11) is 1.63. The average Bonchev–Trinajstić information content (AvgIpc) is 3.36. The Morgan fingerprint density at radius 3 is 3.00 bits per heavy atom. The van der Waals surface area contributed by atoms with E-state index in [9.17, 15) is 0 Å². The highest BCUT2D eigenvalue weighted by Crippen LogP contribution is 2.31. The predicted molar refractivity (Wildman–Crippen MR) is 95.8 cm³/mol. The molecule has 2 heterocycles. The van der Waals surface area contributed by atoms with Gasteiger partial charge in [0.1, 0.15) is 5.75 Å². The van der Waals surface area contributed by atoms with Crippen molar-refractivity contribution in [2.24, 2.45) is 0 Å². The quantitative estimate of drug-likeness (QED) is 0.607. The average molecular weight is 372 g/mol. The lowest BCUT2D eigenvalue weighted by Gasteiger charge is -2.21. The van der Waals surface area contributed by atoms with Crippen LogP contribution in [0.2, 0.25) is 0 Å². The Hall–Kier alpha value is -2.42. The second-order valence-corrected chi connectivity index (χ2v) is 7.17. The topological polar surface area (TPSA) is 91.8 Å². The molecule has 1 fully saturated rings. The smallest absolute Gasteiger partial charge is 0.237 e. The molecule has 2 aromatic heterocycles. The Labute approximate surface area is 155 Å². The number of thioether (sulfide) groups is 1. The summed E-state index contributed by atoms with van der Waals surface area (Å²) in [6, 6.07) is 7.98. The van der Waals surface area contributed by atoms with Gasteiger partial charge >= 0.3 is 0 Å². The number of hydrogen-bond donors (Lipinski definition) is 0. The Kier molecular flexibility index (Phi) is 5.14. The summed E-state index contributed by atoms with van der Waals surface area (Å²) in [5, 5.41) is 17.0. The van der Waals surface area contributed by atoms with Gasteiger partial charge in [-0.2, -0.15) is 4.98 Å². The van der Waals surface area contributed by atoms with Crippen molar-refractivity contribution >= 4 is 11.8 Å². The zero-order valence-corrected chi connectivity index (χ0v) is 15.4. The van der Waals surface area contributed by atoms with Gasteiger partial charge in [0, 0.05) is 5.56 Å². The Morgan fingerprint density at radius 2 is 2.15 bits per heavy atom. The van der Waals surface area contributed by atoms with Gasteiger partial charge < -0.3 is 9.26 Å². The molecule has 0 bridgehead atoms. The zero-order chi connectivity index (χ0) is 17.8. The maximum Gasteiger partial charge on any atom is 0.237 e. The minimum Gasteiger partial charge on any atom is -0.497 e. The van der Waals surface area contributed by atoms with Gasteiger partial charge in [0.2, 0.25) is 16.9 Å². The number of aromatic nitrogens is 6. The van der Waals surface area contributed by atoms with E-state index in [2.05, 4.69) is 25.7 Å². The van der Waals surface area contributed by atoms with Crippen LogP contribution < -0.4 is 4.74 Å². The minimum absolute atomic E-state index is 0.399. The zero-order valence-electron chi connectivity index (χ0n) is 14.5. The standard InChI is InChI=1S/C17H20N6O2S/c1-24-14-9-5-6-12(10-14)16-18-15(25-20-16)11-26-17-19-21-22-23(17)13-7-3-2-4-8-13/h5-6,9-10,13H,2-4,7-8,11H2,1H3. The van der Waals surface area contributed by atoms with Crippen molar-refractivity contribution < 1.29 is 9.26 Å². The van der Waals surface area contributed by atoms with E-state index in [0.717, 1.165) is 29.3 Å². The Balaban J connectivity index is 1.43. The van der Waals surface area contributed by atoms with Gasteiger partial charge in [-0.15, -0.1) is 5.10 Å². The van der Waals surface area contributed by atoms with Crippen LogP contribution in [-0.2, 0) is 5.75 Å². The number of hydrogen-bond acceptors (Lipinski definition) is 8. The number of benzene rings is 1. The third kappa shape index (κ3) is 3.72. The maximum absolute atomic E-state index is 5.38. The number of tetrazole rings is 1. The summed E-state index contributed by atoms with van der Waals surface area (Å²) in [6.45, 7) is 0. The van der Waals surface area contributed by atoms with E-state index in [0.29, 0.717) is 23.5 Å². The summed E-state index contributed by atoms with van der Waals surface area (Å²) in [5.41, 5.74) is 0.858. The van der Waals surface area contributed by atoms with Gasteiger partial charge in [-0.1, -0.05) is 48.3 Å². The second-order valence-electron chi connectivity index (χ2n) is 6.23. The van der Waals surface area contributed by atoms with Gasteiger partial charge in [-0.05, 0) is 35.4 Å². The molecule has 9 heteroatoms. The van der Waals surface area contributed by atoms with Crippen molar-refractivity contribution in [3.63, 3.8) is 0 Å². The highest BCUT2D eigenvalue weighted by molar-refractivity contribution is 7.98. The fourth-order valence-electron chi connectivity index (χ4n) is 3.15. The molecule has 1 aliphatic rings. The summed E-state index contributed by atoms with van der Waals surface area (Å²) in [4.78, 5) is 4.47. The largest absolute Gasteiger partial charge is 0.497 e. The van der Waals surface area contributed by atoms with Crippen LogP contribution in [0.15, 0.2) is 33.9 Å². The monoisotopic (exact) mass is 372 g/mol. The van der Waals surface area contributed by atoms with Crippen LogP contribution in [0, 0.1) is 0 Å². The highest BCUT2D eigenvalue weighted by atomic mass is 32.2. The second kappa shape index (κ2) is 7.86. The van der Waals surface area contributed by atoms with Gasteiger partial charge in [-0.3, -0.25) is 0 Å². The van der Waals surface area contributed by atoms with Crippen LogP contribution >= 0.6 is 11.8 Å². The molecule has 1 aliphatic carbocycles. The van der Waals surface area contributed by atoms with E-state index in [4.69, 9.17) is 9.26 Å². The van der Waals surface area contributed by atoms with Crippen LogP contribution in [0.4, 0.5) is 0 Å². The lowest BCUT2D eigenvalue weighted by Crippen LogP contribution is -2.15. The van der Waals surface area contributed by atoms with Crippen LogP contribution in [0.1, 0.15) is 44.0 Å². The molecule has 3 aromatic rings. The molecule has 8 nitrogen and oxygen atoms in total. The summed E-state index contributed by atoms with van der Waals surface area (Å²) >= 11 is 1.52. The van der Waals surface area contributed by atoms with Gasteiger partial charge in [0.25, 0.3) is 0 Å². The summed E-state index contributed by atoms with van der Waals surface area (Å²) in [6.07, 6.45) is 6.05. The van der Waals surface area contributed by atoms with Gasteiger partial charge in [0.05, 0.1) is 18.9 Å². The molecular formula is C17H20N6O2S. The van der Waals surface area contributed by atoms with E-state index in [-0.39, 0.29) is 0 Å². The van der Waals surface area contributed by atoms with Crippen LogP contribution in [0.5, 0.6) is 5.75 Å². The molecular weight excluding hydrogens is 352 g/mol. The third-order valence-electron chi connectivity index (χ3n) is 4.50. The SMILES string of the molecule is COc1cccc(-c2noc(CSc3nnnn3C3CCCCC3)n2)c1. The lowest BCUT2D eigenvalue weighted by molar-refractivity contribution is 0.307. The molecule has 1 aromatic carbocycles. The van der Waals surface area contributed by atoms with Gasteiger partial charge in [-0.25, -0.2) is 4.68 Å². The van der Waals surface area contributed by atoms with E-state index in [1.165, 1.54) is 31.0 Å². The van der Waals surface area contributed by atoms with E-state index < -0.39 is 0 Å². The van der Waals surface area contributed by atoms with Crippen molar-refractivity contribution in [3.05, 3.63) is 30.2 Å². The minimum atomic E-state index is 0.399. The van der Waals surface area contributed by atoms with Crippen molar-refractivity contribution in [2.45, 2.75) is 49.1 Å². The molecule has 0 radical (unpaired) electrons. The van der Waals surface area contributed by atoms with Crippen molar-refractivity contribution in [3.8, 4) is 17.1 Å². The fraction of sp³-hybridized carbons (Fsp3) is 0.471.